The summed E-state index contributed by atoms with van der Waals surface area (Å²) in [6, 6.07) is 0. The minimum absolute atomic E-state index is 0.0164. The summed E-state index contributed by atoms with van der Waals surface area (Å²) >= 11 is 1.77. The molecule has 8 atom stereocenters. The van der Waals surface area contributed by atoms with Crippen LogP contribution in [-0.2, 0) is 28.7 Å². The van der Waals surface area contributed by atoms with Gasteiger partial charge in [0.2, 0.25) is 5.79 Å². The van der Waals surface area contributed by atoms with Crippen LogP contribution in [0.2, 0.25) is 0 Å². The molecular formula is C23H38O7S. The van der Waals surface area contributed by atoms with Gasteiger partial charge in [-0.15, -0.1) is 11.8 Å². The lowest BCUT2D eigenvalue weighted by Crippen LogP contribution is -2.70. The van der Waals surface area contributed by atoms with Gasteiger partial charge in [0.15, 0.2) is 11.9 Å². The van der Waals surface area contributed by atoms with Crippen molar-refractivity contribution < 1.29 is 33.5 Å². The maximum absolute atomic E-state index is 11.7. The number of ether oxygens (including phenoxy) is 4. The molecule has 1 aliphatic carbocycles. The zero-order chi connectivity index (χ0) is 22.4. The second-order valence-corrected chi connectivity index (χ2v) is 12.0. The summed E-state index contributed by atoms with van der Waals surface area (Å²) in [7, 11) is 0. The Hall–Kier alpha value is -0.540. The molecule has 0 radical (unpaired) electrons. The maximum Gasteiger partial charge on any atom is 0.508 e. The van der Waals surface area contributed by atoms with Crippen LogP contribution in [0.5, 0.6) is 0 Å². The molecule has 0 aromatic rings. The molecule has 5 rings (SSSR count). The van der Waals surface area contributed by atoms with Gasteiger partial charge in [0.1, 0.15) is 11.0 Å². The molecule has 0 amide bonds. The van der Waals surface area contributed by atoms with Gasteiger partial charge >= 0.3 is 6.16 Å². The van der Waals surface area contributed by atoms with E-state index in [0.717, 1.165) is 31.4 Å². The SMILES string of the molecule is C[C@H]1[C@H](SCCCOC(=O)OC(C)(C)C)O[C@@H]2O[C@@]3(C)CC[C@H]4[C@H](C)CC[C@@H]1[C@@]24OO3. The van der Waals surface area contributed by atoms with Crippen molar-refractivity contribution in [3.63, 3.8) is 0 Å². The van der Waals surface area contributed by atoms with Gasteiger partial charge in [-0.05, 0) is 76.9 Å². The smallest absolute Gasteiger partial charge is 0.434 e. The Bertz CT molecular complexity index is 667. The standard InChI is InChI=1S/C23H38O7S/c1-14-8-9-17-15(2)18(31-13-7-12-25-20(24)28-21(3,4)5)26-19-23(17)16(14)10-11-22(6,27-19)29-30-23/h14-19H,7-13H2,1-6H3/t14-,15-,16+,17+,18+,19-,22-,23-/m1/s1. The van der Waals surface area contributed by atoms with Crippen molar-refractivity contribution in [3.05, 3.63) is 0 Å². The Balaban J connectivity index is 1.35. The molecular weight excluding hydrogens is 420 g/mol. The third-order valence-corrected chi connectivity index (χ3v) is 8.67. The van der Waals surface area contributed by atoms with Gasteiger partial charge < -0.3 is 18.9 Å². The summed E-state index contributed by atoms with van der Waals surface area (Å²) in [5.41, 5.74) is -1.03. The molecule has 4 heterocycles. The predicted octanol–water partition coefficient (Wildman–Crippen LogP) is 5.27. The molecule has 7 nitrogen and oxygen atoms in total. The van der Waals surface area contributed by atoms with Crippen LogP contribution in [-0.4, -0.2) is 47.2 Å². The van der Waals surface area contributed by atoms with Crippen LogP contribution in [0.3, 0.4) is 0 Å². The van der Waals surface area contributed by atoms with Gasteiger partial charge in [-0.2, -0.15) is 0 Å². The van der Waals surface area contributed by atoms with Crippen molar-refractivity contribution >= 4 is 17.9 Å². The van der Waals surface area contributed by atoms with E-state index in [-0.39, 0.29) is 5.44 Å². The van der Waals surface area contributed by atoms with E-state index in [1.165, 1.54) is 6.42 Å². The molecule has 1 saturated carbocycles. The maximum atomic E-state index is 11.7. The minimum atomic E-state index is -0.741. The molecule has 0 N–H and O–H groups in total. The molecule has 0 unspecified atom stereocenters. The predicted molar refractivity (Wildman–Crippen MR) is 116 cm³/mol. The van der Waals surface area contributed by atoms with Gasteiger partial charge in [-0.3, -0.25) is 0 Å². The van der Waals surface area contributed by atoms with Crippen LogP contribution in [0.4, 0.5) is 4.79 Å². The third-order valence-electron chi connectivity index (χ3n) is 7.28. The summed E-state index contributed by atoms with van der Waals surface area (Å²) in [6.07, 6.45) is 3.89. The summed E-state index contributed by atoms with van der Waals surface area (Å²) in [4.78, 5) is 23.7. The molecule has 0 aromatic carbocycles. The Kier molecular flexibility index (Phi) is 6.60. The fourth-order valence-electron chi connectivity index (χ4n) is 5.76. The summed E-state index contributed by atoms with van der Waals surface area (Å²) < 4.78 is 23.3. The van der Waals surface area contributed by atoms with Crippen molar-refractivity contribution in [2.24, 2.45) is 23.7 Å². The molecule has 2 bridgehead atoms. The van der Waals surface area contributed by atoms with Crippen LogP contribution < -0.4 is 0 Å². The highest BCUT2D eigenvalue weighted by molar-refractivity contribution is 7.99. The Labute approximate surface area is 190 Å². The Morgan fingerprint density at radius 2 is 1.90 bits per heavy atom. The Morgan fingerprint density at radius 3 is 2.65 bits per heavy atom. The molecule has 5 fully saturated rings. The first-order valence-electron chi connectivity index (χ1n) is 11.7. The lowest BCUT2D eigenvalue weighted by Gasteiger charge is -2.60. The molecule has 5 aliphatic rings. The molecule has 178 valence electrons. The summed E-state index contributed by atoms with van der Waals surface area (Å²) in [5, 5.41) is 0. The topological polar surface area (TPSA) is 72.5 Å². The number of carbonyl (C=O) groups is 1. The number of hydrogen-bond acceptors (Lipinski definition) is 8. The molecule has 31 heavy (non-hydrogen) atoms. The van der Waals surface area contributed by atoms with Crippen molar-refractivity contribution in [3.8, 4) is 0 Å². The van der Waals surface area contributed by atoms with Crippen LogP contribution in [0.1, 0.15) is 73.6 Å². The fourth-order valence-corrected chi connectivity index (χ4v) is 6.95. The molecule has 4 saturated heterocycles. The largest absolute Gasteiger partial charge is 0.508 e. The molecule has 0 aromatic heterocycles. The first-order valence-corrected chi connectivity index (χ1v) is 12.8. The second kappa shape index (κ2) is 8.67. The van der Waals surface area contributed by atoms with Gasteiger partial charge in [-0.25, -0.2) is 14.6 Å². The lowest BCUT2D eigenvalue weighted by atomic mass is 9.58. The summed E-state index contributed by atoms with van der Waals surface area (Å²) in [6.45, 7) is 12.4. The number of thioether (sulfide) groups is 1. The molecule has 8 heteroatoms. The zero-order valence-corrected chi connectivity index (χ0v) is 20.5. The van der Waals surface area contributed by atoms with Crippen molar-refractivity contribution in [1.29, 1.82) is 0 Å². The first-order chi connectivity index (χ1) is 14.5. The summed E-state index contributed by atoms with van der Waals surface area (Å²) in [5.74, 6) is 1.70. The second-order valence-electron chi connectivity index (χ2n) is 10.8. The highest BCUT2D eigenvalue weighted by Crippen LogP contribution is 2.61. The van der Waals surface area contributed by atoms with Gasteiger partial charge in [-0.1, -0.05) is 13.8 Å². The van der Waals surface area contributed by atoms with Crippen LogP contribution in [0.15, 0.2) is 0 Å². The molecule has 4 aliphatic heterocycles. The highest BCUT2D eigenvalue weighted by Gasteiger charge is 2.69. The zero-order valence-electron chi connectivity index (χ0n) is 19.7. The van der Waals surface area contributed by atoms with E-state index in [9.17, 15) is 4.79 Å². The first kappa shape index (κ1) is 23.6. The fraction of sp³-hybridized carbons (Fsp3) is 0.957. The van der Waals surface area contributed by atoms with Crippen LogP contribution >= 0.6 is 11.8 Å². The normalized spacial score (nSPS) is 44.3. The average Bonchev–Trinajstić information content (AvgIpc) is 2.90. The quantitative estimate of drug-likeness (QED) is 0.313. The van der Waals surface area contributed by atoms with Gasteiger partial charge in [0.25, 0.3) is 0 Å². The van der Waals surface area contributed by atoms with E-state index in [0.29, 0.717) is 30.3 Å². The van der Waals surface area contributed by atoms with E-state index in [4.69, 9.17) is 28.7 Å². The third kappa shape index (κ3) is 4.60. The number of rotatable bonds is 5. The Morgan fingerprint density at radius 1 is 1.13 bits per heavy atom. The van der Waals surface area contributed by atoms with E-state index in [2.05, 4.69) is 13.8 Å². The van der Waals surface area contributed by atoms with E-state index >= 15 is 0 Å². The number of carbonyl (C=O) groups excluding carboxylic acids is 1. The van der Waals surface area contributed by atoms with E-state index < -0.39 is 29.4 Å². The average molecular weight is 459 g/mol. The minimum Gasteiger partial charge on any atom is -0.434 e. The van der Waals surface area contributed by atoms with Crippen molar-refractivity contribution in [2.45, 2.75) is 102 Å². The number of hydrogen-bond donors (Lipinski definition) is 0. The van der Waals surface area contributed by atoms with Crippen LogP contribution in [0, 0.1) is 23.7 Å². The highest BCUT2D eigenvalue weighted by atomic mass is 32.2. The molecule has 1 spiro atoms. The lowest BCUT2D eigenvalue weighted by molar-refractivity contribution is -0.568. The van der Waals surface area contributed by atoms with E-state index in [1.54, 1.807) is 11.8 Å². The van der Waals surface area contributed by atoms with Crippen molar-refractivity contribution in [1.82, 2.24) is 0 Å². The number of fused-ring (bicyclic) bond motifs is 2. The van der Waals surface area contributed by atoms with Crippen molar-refractivity contribution in [2.75, 3.05) is 12.4 Å². The monoisotopic (exact) mass is 458 g/mol. The van der Waals surface area contributed by atoms with Gasteiger partial charge in [0, 0.05) is 12.3 Å². The van der Waals surface area contributed by atoms with E-state index in [1.807, 2.05) is 27.7 Å². The van der Waals surface area contributed by atoms with Gasteiger partial charge in [0.05, 0.1) is 6.61 Å². The van der Waals surface area contributed by atoms with Crippen LogP contribution in [0.25, 0.3) is 0 Å².